The monoisotopic (exact) mass is 245 g/mol. The van der Waals surface area contributed by atoms with Crippen LogP contribution in [0.4, 0.5) is 0 Å². The molecule has 0 saturated carbocycles. The van der Waals surface area contributed by atoms with Crippen molar-refractivity contribution in [1.29, 1.82) is 0 Å². The van der Waals surface area contributed by atoms with Gasteiger partial charge in [0, 0.05) is 18.3 Å². The normalized spacial score (nSPS) is 13.3. The summed E-state index contributed by atoms with van der Waals surface area (Å²) < 4.78 is 0. The topological polar surface area (TPSA) is 12.0 Å². The number of rotatable bonds is 11. The smallest absolute Gasteiger partial charge is 0.00581 e. The van der Waals surface area contributed by atoms with Crippen LogP contribution in [0.5, 0.6) is 0 Å². The largest absolute Gasteiger partial charge is 0.313 e. The molecule has 1 atom stereocenters. The van der Waals surface area contributed by atoms with Crippen LogP contribution in [0.15, 0.2) is 0 Å². The lowest BCUT2D eigenvalue weighted by molar-refractivity contribution is 0.460. The molecule has 0 rings (SSSR count). The minimum Gasteiger partial charge on any atom is -0.313 e. The summed E-state index contributed by atoms with van der Waals surface area (Å²) in [5, 5.41) is 3.61. The molecule has 0 radical (unpaired) electrons. The Bertz CT molecular complexity index is 137. The van der Waals surface area contributed by atoms with E-state index in [2.05, 4.69) is 44.8 Å². The second-order valence-corrected chi connectivity index (χ2v) is 6.37. The summed E-state index contributed by atoms with van der Waals surface area (Å²) in [4.78, 5) is 0. The summed E-state index contributed by atoms with van der Waals surface area (Å²) in [5.74, 6) is 3.46. The zero-order valence-electron chi connectivity index (χ0n) is 11.7. The van der Waals surface area contributed by atoms with Crippen LogP contribution in [0.2, 0.25) is 0 Å². The van der Waals surface area contributed by atoms with E-state index in [4.69, 9.17) is 0 Å². The third-order valence-electron chi connectivity index (χ3n) is 2.81. The Morgan fingerprint density at radius 3 is 2.38 bits per heavy atom. The SMILES string of the molecule is CCCCCSCCNC(C)CCC(C)C. The Kier molecular flexibility index (Phi) is 12.0. The first kappa shape index (κ1) is 16.3. The summed E-state index contributed by atoms with van der Waals surface area (Å²) in [7, 11) is 0. The van der Waals surface area contributed by atoms with Crippen molar-refractivity contribution in [3.63, 3.8) is 0 Å². The number of thioether (sulfide) groups is 1. The van der Waals surface area contributed by atoms with Crippen LogP contribution in [-0.2, 0) is 0 Å². The number of unbranched alkanes of at least 4 members (excludes halogenated alkanes) is 2. The van der Waals surface area contributed by atoms with Gasteiger partial charge >= 0.3 is 0 Å². The van der Waals surface area contributed by atoms with Gasteiger partial charge in [0.2, 0.25) is 0 Å². The summed E-state index contributed by atoms with van der Waals surface area (Å²) in [5.41, 5.74) is 0. The number of nitrogens with one attached hydrogen (secondary N) is 1. The molecule has 16 heavy (non-hydrogen) atoms. The predicted octanol–water partition coefficient (Wildman–Crippen LogP) is 4.32. The van der Waals surface area contributed by atoms with E-state index < -0.39 is 0 Å². The van der Waals surface area contributed by atoms with E-state index in [0.29, 0.717) is 6.04 Å². The molecule has 0 heterocycles. The molecule has 98 valence electrons. The zero-order valence-corrected chi connectivity index (χ0v) is 12.5. The third kappa shape index (κ3) is 12.4. The fourth-order valence-electron chi connectivity index (χ4n) is 1.62. The molecule has 0 aromatic carbocycles. The van der Waals surface area contributed by atoms with Gasteiger partial charge < -0.3 is 5.32 Å². The van der Waals surface area contributed by atoms with Crippen LogP contribution in [0.3, 0.4) is 0 Å². The second kappa shape index (κ2) is 11.8. The molecule has 2 heteroatoms. The molecule has 0 aliphatic carbocycles. The molecule has 0 bridgehead atoms. The van der Waals surface area contributed by atoms with Crippen molar-refractivity contribution in [1.82, 2.24) is 5.32 Å². The van der Waals surface area contributed by atoms with Gasteiger partial charge in [0.25, 0.3) is 0 Å². The van der Waals surface area contributed by atoms with Gasteiger partial charge in [-0.25, -0.2) is 0 Å². The Morgan fingerprint density at radius 1 is 1.00 bits per heavy atom. The molecule has 0 amide bonds. The van der Waals surface area contributed by atoms with Crippen molar-refractivity contribution in [2.24, 2.45) is 5.92 Å². The Morgan fingerprint density at radius 2 is 1.75 bits per heavy atom. The molecule has 1 nitrogen and oxygen atoms in total. The molecule has 1 unspecified atom stereocenters. The highest BCUT2D eigenvalue weighted by Crippen LogP contribution is 2.07. The fourth-order valence-corrected chi connectivity index (χ4v) is 2.49. The van der Waals surface area contributed by atoms with Crippen molar-refractivity contribution in [3.8, 4) is 0 Å². The maximum Gasteiger partial charge on any atom is 0.00581 e. The second-order valence-electron chi connectivity index (χ2n) is 5.15. The van der Waals surface area contributed by atoms with E-state index in [1.807, 2.05) is 0 Å². The summed E-state index contributed by atoms with van der Waals surface area (Å²) in [6.45, 7) is 10.4. The minimum atomic E-state index is 0.693. The van der Waals surface area contributed by atoms with Gasteiger partial charge in [0.15, 0.2) is 0 Å². The van der Waals surface area contributed by atoms with Gasteiger partial charge in [-0.3, -0.25) is 0 Å². The molecule has 0 aromatic heterocycles. The lowest BCUT2D eigenvalue weighted by Crippen LogP contribution is -2.28. The van der Waals surface area contributed by atoms with Gasteiger partial charge in [0.05, 0.1) is 0 Å². The zero-order chi connectivity index (χ0) is 12.2. The average Bonchev–Trinajstić information content (AvgIpc) is 2.25. The van der Waals surface area contributed by atoms with Crippen molar-refractivity contribution in [2.45, 2.75) is 65.8 Å². The number of hydrogen-bond donors (Lipinski definition) is 1. The predicted molar refractivity (Wildman–Crippen MR) is 78.4 cm³/mol. The van der Waals surface area contributed by atoms with Gasteiger partial charge in [0.1, 0.15) is 0 Å². The fraction of sp³-hybridized carbons (Fsp3) is 1.00. The lowest BCUT2D eigenvalue weighted by atomic mass is 10.0. The van der Waals surface area contributed by atoms with Crippen molar-refractivity contribution in [2.75, 3.05) is 18.1 Å². The maximum atomic E-state index is 3.61. The molecule has 0 aliphatic rings. The molecule has 0 aromatic rings. The molecule has 0 aliphatic heterocycles. The van der Waals surface area contributed by atoms with Gasteiger partial charge in [-0.2, -0.15) is 11.8 Å². The summed E-state index contributed by atoms with van der Waals surface area (Å²) in [6.07, 6.45) is 6.79. The third-order valence-corrected chi connectivity index (χ3v) is 3.88. The van der Waals surface area contributed by atoms with Crippen molar-refractivity contribution >= 4 is 11.8 Å². The van der Waals surface area contributed by atoms with E-state index in [9.17, 15) is 0 Å². The first-order chi connectivity index (χ1) is 7.66. The first-order valence-electron chi connectivity index (χ1n) is 6.98. The Balaban J connectivity index is 3.12. The molecule has 0 fully saturated rings. The summed E-state index contributed by atoms with van der Waals surface area (Å²) >= 11 is 2.10. The van der Waals surface area contributed by atoms with Crippen LogP contribution >= 0.6 is 11.8 Å². The van der Waals surface area contributed by atoms with Crippen LogP contribution in [0.25, 0.3) is 0 Å². The van der Waals surface area contributed by atoms with E-state index >= 15 is 0 Å². The van der Waals surface area contributed by atoms with E-state index in [-0.39, 0.29) is 0 Å². The van der Waals surface area contributed by atoms with Gasteiger partial charge in [-0.15, -0.1) is 0 Å². The minimum absolute atomic E-state index is 0.693. The average molecular weight is 245 g/mol. The van der Waals surface area contributed by atoms with Crippen LogP contribution < -0.4 is 5.32 Å². The maximum absolute atomic E-state index is 3.61. The van der Waals surface area contributed by atoms with E-state index in [1.165, 1.54) is 50.2 Å². The number of hydrogen-bond acceptors (Lipinski definition) is 2. The Labute approximate surface area is 107 Å². The van der Waals surface area contributed by atoms with Crippen molar-refractivity contribution in [3.05, 3.63) is 0 Å². The quantitative estimate of drug-likeness (QED) is 0.544. The molecular weight excluding hydrogens is 214 g/mol. The molecule has 1 N–H and O–H groups in total. The molecule has 0 saturated heterocycles. The standard InChI is InChI=1S/C14H31NS/c1-5-6-7-11-16-12-10-15-14(4)9-8-13(2)3/h13-15H,5-12H2,1-4H3. The molecular formula is C14H31NS. The highest BCUT2D eigenvalue weighted by molar-refractivity contribution is 7.99. The Hall–Kier alpha value is 0.310. The molecule has 0 spiro atoms. The van der Waals surface area contributed by atoms with Crippen LogP contribution in [0.1, 0.15) is 59.8 Å². The van der Waals surface area contributed by atoms with Crippen LogP contribution in [0, 0.1) is 5.92 Å². The van der Waals surface area contributed by atoms with E-state index in [1.54, 1.807) is 0 Å². The van der Waals surface area contributed by atoms with E-state index in [0.717, 1.165) is 5.92 Å². The van der Waals surface area contributed by atoms with Crippen LogP contribution in [-0.4, -0.2) is 24.1 Å². The first-order valence-corrected chi connectivity index (χ1v) is 8.13. The van der Waals surface area contributed by atoms with Gasteiger partial charge in [-0.1, -0.05) is 33.6 Å². The van der Waals surface area contributed by atoms with Gasteiger partial charge in [-0.05, 0) is 37.9 Å². The lowest BCUT2D eigenvalue weighted by Gasteiger charge is -2.14. The van der Waals surface area contributed by atoms with Crippen molar-refractivity contribution < 1.29 is 0 Å². The highest BCUT2D eigenvalue weighted by atomic mass is 32.2. The summed E-state index contributed by atoms with van der Waals surface area (Å²) in [6, 6.07) is 0.693. The highest BCUT2D eigenvalue weighted by Gasteiger charge is 2.02.